The SMILES string of the molecule is CC.CC(C)(C)CC1CCNC(=O)C1. The number of piperidine rings is 1. The van der Waals surface area contributed by atoms with Gasteiger partial charge in [0.1, 0.15) is 0 Å². The molecule has 2 heteroatoms. The van der Waals surface area contributed by atoms with Crippen molar-refractivity contribution in [1.29, 1.82) is 0 Å². The van der Waals surface area contributed by atoms with Gasteiger partial charge in [-0.25, -0.2) is 0 Å². The first-order valence-corrected chi connectivity index (χ1v) is 5.74. The number of hydrogen-bond acceptors (Lipinski definition) is 1. The maximum absolute atomic E-state index is 11.0. The maximum atomic E-state index is 11.0. The molecule has 0 aromatic rings. The van der Waals surface area contributed by atoms with Crippen molar-refractivity contribution in [3.8, 4) is 0 Å². The molecule has 14 heavy (non-hydrogen) atoms. The number of hydrogen-bond donors (Lipinski definition) is 1. The second-order valence-corrected chi connectivity index (χ2v) is 4.97. The van der Waals surface area contributed by atoms with E-state index in [-0.39, 0.29) is 5.91 Å². The summed E-state index contributed by atoms with van der Waals surface area (Å²) in [5, 5.41) is 2.86. The largest absolute Gasteiger partial charge is 0.356 e. The lowest BCUT2D eigenvalue weighted by molar-refractivity contribution is -0.123. The van der Waals surface area contributed by atoms with Gasteiger partial charge in [-0.15, -0.1) is 0 Å². The van der Waals surface area contributed by atoms with Gasteiger partial charge in [-0.05, 0) is 24.2 Å². The van der Waals surface area contributed by atoms with Crippen LogP contribution in [-0.2, 0) is 4.79 Å². The monoisotopic (exact) mass is 199 g/mol. The molecule has 0 saturated carbocycles. The fourth-order valence-electron chi connectivity index (χ4n) is 1.89. The van der Waals surface area contributed by atoms with E-state index in [1.54, 1.807) is 0 Å². The lowest BCUT2D eigenvalue weighted by Crippen LogP contribution is -2.34. The van der Waals surface area contributed by atoms with Crippen LogP contribution in [0.4, 0.5) is 0 Å². The second-order valence-electron chi connectivity index (χ2n) is 4.97. The minimum atomic E-state index is 0.232. The summed E-state index contributed by atoms with van der Waals surface area (Å²) < 4.78 is 0. The van der Waals surface area contributed by atoms with Gasteiger partial charge in [-0.1, -0.05) is 34.6 Å². The minimum Gasteiger partial charge on any atom is -0.356 e. The van der Waals surface area contributed by atoms with Crippen molar-refractivity contribution >= 4 is 5.91 Å². The highest BCUT2D eigenvalue weighted by molar-refractivity contribution is 5.76. The summed E-state index contributed by atoms with van der Waals surface area (Å²) in [5.41, 5.74) is 0.363. The Hall–Kier alpha value is -0.530. The zero-order valence-electron chi connectivity index (χ0n) is 10.3. The molecule has 0 bridgehead atoms. The van der Waals surface area contributed by atoms with Crippen molar-refractivity contribution in [2.24, 2.45) is 11.3 Å². The van der Waals surface area contributed by atoms with Crippen LogP contribution in [0.25, 0.3) is 0 Å². The third-order valence-electron chi connectivity index (χ3n) is 2.25. The molecule has 0 spiro atoms. The number of carbonyl (C=O) groups excluding carboxylic acids is 1. The summed E-state index contributed by atoms with van der Waals surface area (Å²) in [7, 11) is 0. The summed E-state index contributed by atoms with van der Waals surface area (Å²) in [4.78, 5) is 11.0. The lowest BCUT2D eigenvalue weighted by Gasteiger charge is -2.28. The minimum absolute atomic E-state index is 0.232. The highest BCUT2D eigenvalue weighted by atomic mass is 16.1. The summed E-state index contributed by atoms with van der Waals surface area (Å²) in [6, 6.07) is 0. The Kier molecular flexibility index (Phi) is 5.82. The van der Waals surface area contributed by atoms with E-state index >= 15 is 0 Å². The van der Waals surface area contributed by atoms with Crippen molar-refractivity contribution in [2.45, 2.75) is 53.9 Å². The normalized spacial score (nSPS) is 22.1. The quantitative estimate of drug-likeness (QED) is 0.691. The van der Waals surface area contributed by atoms with E-state index in [0.29, 0.717) is 11.3 Å². The van der Waals surface area contributed by atoms with Crippen LogP contribution in [-0.4, -0.2) is 12.5 Å². The van der Waals surface area contributed by atoms with E-state index in [2.05, 4.69) is 26.1 Å². The molecular weight excluding hydrogens is 174 g/mol. The third-order valence-corrected chi connectivity index (χ3v) is 2.25. The fourth-order valence-corrected chi connectivity index (χ4v) is 1.89. The van der Waals surface area contributed by atoms with E-state index < -0.39 is 0 Å². The molecule has 2 nitrogen and oxygen atoms in total. The lowest BCUT2D eigenvalue weighted by atomic mass is 9.80. The summed E-state index contributed by atoms with van der Waals surface area (Å²) in [6.07, 6.45) is 3.06. The molecule has 1 saturated heterocycles. The third kappa shape index (κ3) is 6.01. The molecule has 1 N–H and O–H groups in total. The average Bonchev–Trinajstić information content (AvgIpc) is 2.04. The second kappa shape index (κ2) is 6.05. The van der Waals surface area contributed by atoms with E-state index in [9.17, 15) is 4.79 Å². The maximum Gasteiger partial charge on any atom is 0.220 e. The molecular formula is C12H25NO. The molecule has 1 atom stereocenters. The molecule has 1 aliphatic rings. The number of carbonyl (C=O) groups is 1. The van der Waals surface area contributed by atoms with E-state index in [0.717, 1.165) is 19.4 Å². The van der Waals surface area contributed by atoms with Gasteiger partial charge in [0.25, 0.3) is 0 Å². The molecule has 1 unspecified atom stereocenters. The summed E-state index contributed by atoms with van der Waals surface area (Å²) in [5.74, 6) is 0.842. The summed E-state index contributed by atoms with van der Waals surface area (Å²) in [6.45, 7) is 11.6. The van der Waals surface area contributed by atoms with Crippen LogP contribution in [0, 0.1) is 11.3 Å². The zero-order chi connectivity index (χ0) is 11.2. The van der Waals surface area contributed by atoms with Crippen molar-refractivity contribution in [3.63, 3.8) is 0 Å². The van der Waals surface area contributed by atoms with Crippen LogP contribution in [0.3, 0.4) is 0 Å². The first-order chi connectivity index (χ1) is 6.47. The van der Waals surface area contributed by atoms with E-state index in [1.807, 2.05) is 13.8 Å². The molecule has 0 aliphatic carbocycles. The Morgan fingerprint density at radius 2 is 1.93 bits per heavy atom. The van der Waals surface area contributed by atoms with Gasteiger partial charge in [-0.2, -0.15) is 0 Å². The van der Waals surface area contributed by atoms with Gasteiger partial charge in [-0.3, -0.25) is 4.79 Å². The molecule has 1 aliphatic heterocycles. The Morgan fingerprint density at radius 3 is 2.36 bits per heavy atom. The predicted molar refractivity (Wildman–Crippen MR) is 61.2 cm³/mol. The highest BCUT2D eigenvalue weighted by Gasteiger charge is 2.23. The van der Waals surface area contributed by atoms with Crippen LogP contribution in [0.5, 0.6) is 0 Å². The van der Waals surface area contributed by atoms with Crippen molar-refractivity contribution in [2.75, 3.05) is 6.54 Å². The van der Waals surface area contributed by atoms with Crippen LogP contribution < -0.4 is 5.32 Å². The van der Waals surface area contributed by atoms with Crippen LogP contribution in [0.15, 0.2) is 0 Å². The Bertz CT molecular complexity index is 170. The zero-order valence-corrected chi connectivity index (χ0v) is 10.3. The Labute approximate surface area is 88.5 Å². The van der Waals surface area contributed by atoms with Gasteiger partial charge in [0, 0.05) is 13.0 Å². The Balaban J connectivity index is 0.000000791. The first-order valence-electron chi connectivity index (χ1n) is 5.74. The van der Waals surface area contributed by atoms with Crippen LogP contribution in [0.1, 0.15) is 53.9 Å². The Morgan fingerprint density at radius 1 is 1.36 bits per heavy atom. The van der Waals surface area contributed by atoms with Gasteiger partial charge in [0.2, 0.25) is 5.91 Å². The average molecular weight is 199 g/mol. The molecule has 1 amide bonds. The molecule has 84 valence electrons. The van der Waals surface area contributed by atoms with Gasteiger partial charge < -0.3 is 5.32 Å². The van der Waals surface area contributed by atoms with Crippen molar-refractivity contribution in [1.82, 2.24) is 5.32 Å². The molecule has 0 radical (unpaired) electrons. The molecule has 0 aromatic heterocycles. The predicted octanol–water partition coefficient (Wildman–Crippen LogP) is 2.98. The summed E-state index contributed by atoms with van der Waals surface area (Å²) >= 11 is 0. The van der Waals surface area contributed by atoms with E-state index in [4.69, 9.17) is 0 Å². The topological polar surface area (TPSA) is 29.1 Å². The smallest absolute Gasteiger partial charge is 0.220 e. The first kappa shape index (κ1) is 13.5. The fraction of sp³-hybridized carbons (Fsp3) is 0.917. The van der Waals surface area contributed by atoms with Crippen molar-refractivity contribution in [3.05, 3.63) is 0 Å². The van der Waals surface area contributed by atoms with Crippen LogP contribution >= 0.6 is 0 Å². The van der Waals surface area contributed by atoms with Gasteiger partial charge in [0.05, 0.1) is 0 Å². The van der Waals surface area contributed by atoms with Crippen LogP contribution in [0.2, 0.25) is 0 Å². The van der Waals surface area contributed by atoms with E-state index in [1.165, 1.54) is 6.42 Å². The number of rotatable bonds is 1. The molecule has 1 fully saturated rings. The number of nitrogens with one attached hydrogen (secondary N) is 1. The molecule has 1 rings (SSSR count). The standard InChI is InChI=1S/C10H19NO.C2H6/c1-10(2,3)7-8-4-5-11-9(12)6-8;1-2/h8H,4-7H2,1-3H3,(H,11,12);1-2H3. The molecule has 0 aromatic carbocycles. The molecule has 1 heterocycles. The van der Waals surface area contributed by atoms with Gasteiger partial charge >= 0.3 is 0 Å². The number of amides is 1. The highest BCUT2D eigenvalue weighted by Crippen LogP contribution is 2.29. The van der Waals surface area contributed by atoms with Gasteiger partial charge in [0.15, 0.2) is 0 Å². The van der Waals surface area contributed by atoms with Crippen molar-refractivity contribution < 1.29 is 4.79 Å².